The number of ether oxygens (including phenoxy) is 1. The van der Waals surface area contributed by atoms with E-state index in [0.29, 0.717) is 5.56 Å². The summed E-state index contributed by atoms with van der Waals surface area (Å²) in [5, 5.41) is 2.28. The Bertz CT molecular complexity index is 825. The molecule has 0 bridgehead atoms. The number of carbonyl (C=O) groups excluding carboxylic acids is 1. The molecule has 0 spiro atoms. The first-order valence-corrected chi connectivity index (χ1v) is 7.38. The van der Waals surface area contributed by atoms with Gasteiger partial charge in [0.05, 0.1) is 0 Å². The number of fused-ring (bicyclic) bond motifs is 1. The summed E-state index contributed by atoms with van der Waals surface area (Å²) in [7, 11) is 0. The molecule has 3 aromatic rings. The standard InChI is InChI=1S/C18H13BrO2/c1-12-8-13(11-20)2-7-18(12)21-17-6-4-14-9-16(19)5-3-15(14)10-17/h2-11H,1H3. The molecule has 2 nitrogen and oxygen atoms in total. The monoisotopic (exact) mass is 340 g/mol. The second-order valence-corrected chi connectivity index (χ2v) is 5.81. The Labute approximate surface area is 131 Å². The van der Waals surface area contributed by atoms with E-state index in [1.807, 2.05) is 43.3 Å². The third-order valence-electron chi connectivity index (χ3n) is 3.34. The Morgan fingerprint density at radius 3 is 2.48 bits per heavy atom. The Kier molecular flexibility index (Phi) is 3.76. The topological polar surface area (TPSA) is 26.3 Å². The molecule has 0 atom stereocenters. The first kappa shape index (κ1) is 13.8. The van der Waals surface area contributed by atoms with Gasteiger partial charge >= 0.3 is 0 Å². The Hall–Kier alpha value is -2.13. The van der Waals surface area contributed by atoms with Crippen LogP contribution in [0.3, 0.4) is 0 Å². The number of aryl methyl sites for hydroxylation is 1. The second kappa shape index (κ2) is 5.70. The van der Waals surface area contributed by atoms with E-state index < -0.39 is 0 Å². The third-order valence-corrected chi connectivity index (χ3v) is 3.83. The van der Waals surface area contributed by atoms with Gasteiger partial charge < -0.3 is 4.74 Å². The summed E-state index contributed by atoms with van der Waals surface area (Å²) < 4.78 is 6.98. The zero-order chi connectivity index (χ0) is 14.8. The normalized spacial score (nSPS) is 10.6. The molecule has 104 valence electrons. The van der Waals surface area contributed by atoms with Gasteiger partial charge in [0, 0.05) is 10.0 Å². The number of rotatable bonds is 3. The van der Waals surface area contributed by atoms with Crippen molar-refractivity contribution < 1.29 is 9.53 Å². The van der Waals surface area contributed by atoms with Crippen LogP contribution in [0.25, 0.3) is 10.8 Å². The first-order chi connectivity index (χ1) is 10.2. The minimum absolute atomic E-state index is 0.656. The van der Waals surface area contributed by atoms with Crippen LogP contribution in [-0.2, 0) is 0 Å². The molecule has 0 saturated heterocycles. The van der Waals surface area contributed by atoms with Gasteiger partial charge in [-0.25, -0.2) is 0 Å². The van der Waals surface area contributed by atoms with Crippen molar-refractivity contribution >= 4 is 33.0 Å². The van der Waals surface area contributed by atoms with Crippen LogP contribution in [0.1, 0.15) is 15.9 Å². The van der Waals surface area contributed by atoms with Crippen LogP contribution >= 0.6 is 15.9 Å². The molecule has 0 aliphatic carbocycles. The first-order valence-electron chi connectivity index (χ1n) is 6.59. The van der Waals surface area contributed by atoms with E-state index in [1.165, 1.54) is 0 Å². The lowest BCUT2D eigenvalue weighted by Crippen LogP contribution is -1.89. The molecule has 0 amide bonds. The number of aldehydes is 1. The fraction of sp³-hybridized carbons (Fsp3) is 0.0556. The molecule has 0 radical (unpaired) electrons. The van der Waals surface area contributed by atoms with Crippen LogP contribution in [0.15, 0.2) is 59.1 Å². The van der Waals surface area contributed by atoms with Gasteiger partial charge in [-0.15, -0.1) is 0 Å². The maximum atomic E-state index is 10.8. The molecule has 3 rings (SSSR count). The molecule has 0 N–H and O–H groups in total. The molecular weight excluding hydrogens is 328 g/mol. The molecule has 0 unspecified atom stereocenters. The van der Waals surface area contributed by atoms with Crippen molar-refractivity contribution in [3.05, 3.63) is 70.2 Å². The van der Waals surface area contributed by atoms with Crippen LogP contribution in [0.5, 0.6) is 11.5 Å². The highest BCUT2D eigenvalue weighted by Crippen LogP contribution is 2.29. The summed E-state index contributed by atoms with van der Waals surface area (Å²) in [6.45, 7) is 1.93. The van der Waals surface area contributed by atoms with E-state index in [2.05, 4.69) is 28.1 Å². The smallest absolute Gasteiger partial charge is 0.150 e. The van der Waals surface area contributed by atoms with Crippen molar-refractivity contribution in [1.82, 2.24) is 0 Å². The maximum Gasteiger partial charge on any atom is 0.150 e. The summed E-state index contributed by atoms with van der Waals surface area (Å²) in [5.74, 6) is 1.55. The lowest BCUT2D eigenvalue weighted by molar-refractivity contribution is 0.112. The highest BCUT2D eigenvalue weighted by atomic mass is 79.9. The quantitative estimate of drug-likeness (QED) is 0.587. The molecule has 0 aliphatic rings. The number of hydrogen-bond acceptors (Lipinski definition) is 2. The Morgan fingerprint density at radius 2 is 1.71 bits per heavy atom. The zero-order valence-corrected chi connectivity index (χ0v) is 13.1. The maximum absolute atomic E-state index is 10.8. The van der Waals surface area contributed by atoms with Crippen LogP contribution in [0.2, 0.25) is 0 Å². The van der Waals surface area contributed by atoms with Crippen molar-refractivity contribution in [3.63, 3.8) is 0 Å². The third kappa shape index (κ3) is 2.98. The highest BCUT2D eigenvalue weighted by molar-refractivity contribution is 9.10. The largest absolute Gasteiger partial charge is 0.457 e. The van der Waals surface area contributed by atoms with E-state index in [4.69, 9.17) is 4.74 Å². The summed E-state index contributed by atoms with van der Waals surface area (Å²) in [5.41, 5.74) is 1.60. The van der Waals surface area contributed by atoms with Gasteiger partial charge in [-0.3, -0.25) is 4.79 Å². The predicted molar refractivity (Wildman–Crippen MR) is 88.3 cm³/mol. The average molecular weight is 341 g/mol. The van der Waals surface area contributed by atoms with Crippen molar-refractivity contribution in [2.45, 2.75) is 6.92 Å². The molecule has 0 fully saturated rings. The van der Waals surface area contributed by atoms with E-state index in [1.54, 1.807) is 6.07 Å². The number of halogens is 1. The van der Waals surface area contributed by atoms with Gasteiger partial charge in [0.15, 0.2) is 0 Å². The molecule has 3 aromatic carbocycles. The molecule has 0 aromatic heterocycles. The lowest BCUT2D eigenvalue weighted by Gasteiger charge is -2.10. The molecule has 21 heavy (non-hydrogen) atoms. The van der Waals surface area contributed by atoms with Gasteiger partial charge in [-0.1, -0.05) is 28.1 Å². The lowest BCUT2D eigenvalue weighted by atomic mass is 10.1. The molecule has 0 aliphatic heterocycles. The van der Waals surface area contributed by atoms with Crippen molar-refractivity contribution in [2.24, 2.45) is 0 Å². The van der Waals surface area contributed by atoms with Gasteiger partial charge in [-0.2, -0.15) is 0 Å². The molecule has 3 heteroatoms. The van der Waals surface area contributed by atoms with Crippen molar-refractivity contribution in [1.29, 1.82) is 0 Å². The zero-order valence-electron chi connectivity index (χ0n) is 11.5. The van der Waals surface area contributed by atoms with Crippen LogP contribution in [0, 0.1) is 6.92 Å². The van der Waals surface area contributed by atoms with E-state index in [0.717, 1.165) is 38.6 Å². The average Bonchev–Trinajstić information content (AvgIpc) is 2.49. The van der Waals surface area contributed by atoms with Gasteiger partial charge in [0.2, 0.25) is 0 Å². The van der Waals surface area contributed by atoms with Crippen LogP contribution in [-0.4, -0.2) is 6.29 Å². The van der Waals surface area contributed by atoms with Crippen molar-refractivity contribution in [3.8, 4) is 11.5 Å². The molecule has 0 heterocycles. The number of hydrogen-bond donors (Lipinski definition) is 0. The van der Waals surface area contributed by atoms with Crippen LogP contribution < -0.4 is 4.74 Å². The van der Waals surface area contributed by atoms with Gasteiger partial charge in [-0.05, 0) is 65.7 Å². The molecule has 0 saturated carbocycles. The van der Waals surface area contributed by atoms with E-state index in [9.17, 15) is 4.79 Å². The van der Waals surface area contributed by atoms with Gasteiger partial charge in [0.1, 0.15) is 17.8 Å². The minimum atomic E-state index is 0.656. The predicted octanol–water partition coefficient (Wildman–Crippen LogP) is 5.52. The SMILES string of the molecule is Cc1cc(C=O)ccc1Oc1ccc2cc(Br)ccc2c1. The van der Waals surface area contributed by atoms with Gasteiger partial charge in [0.25, 0.3) is 0 Å². The van der Waals surface area contributed by atoms with E-state index in [-0.39, 0.29) is 0 Å². The van der Waals surface area contributed by atoms with Crippen molar-refractivity contribution in [2.75, 3.05) is 0 Å². The summed E-state index contributed by atoms with van der Waals surface area (Å²) >= 11 is 3.47. The minimum Gasteiger partial charge on any atom is -0.457 e. The summed E-state index contributed by atoms with van der Waals surface area (Å²) in [6.07, 6.45) is 0.838. The highest BCUT2D eigenvalue weighted by Gasteiger charge is 2.04. The number of benzene rings is 3. The van der Waals surface area contributed by atoms with E-state index >= 15 is 0 Å². The second-order valence-electron chi connectivity index (χ2n) is 4.90. The molecular formula is C18H13BrO2. The number of carbonyl (C=O) groups is 1. The fourth-order valence-electron chi connectivity index (χ4n) is 2.25. The Morgan fingerprint density at radius 1 is 0.952 bits per heavy atom. The summed E-state index contributed by atoms with van der Waals surface area (Å²) in [6, 6.07) is 17.5. The summed E-state index contributed by atoms with van der Waals surface area (Å²) in [4.78, 5) is 10.8. The fourth-order valence-corrected chi connectivity index (χ4v) is 2.62. The Balaban J connectivity index is 1.94. The van der Waals surface area contributed by atoms with Crippen LogP contribution in [0.4, 0.5) is 0 Å².